The number of furan rings is 1. The van der Waals surface area contributed by atoms with Gasteiger partial charge >= 0.3 is 0 Å². The first kappa shape index (κ1) is 16.0. The molecule has 1 amide bonds. The van der Waals surface area contributed by atoms with E-state index in [4.69, 9.17) is 16.0 Å². The molecule has 1 aromatic carbocycles. The molecule has 5 nitrogen and oxygen atoms in total. The molecule has 120 valence electrons. The van der Waals surface area contributed by atoms with E-state index in [9.17, 15) is 4.79 Å². The summed E-state index contributed by atoms with van der Waals surface area (Å²) in [5.74, 6) is 0.807. The van der Waals surface area contributed by atoms with Gasteiger partial charge in [0.2, 0.25) is 0 Å². The summed E-state index contributed by atoms with van der Waals surface area (Å²) in [6, 6.07) is 14.4. The van der Waals surface area contributed by atoms with Crippen molar-refractivity contribution in [1.82, 2.24) is 10.4 Å². The van der Waals surface area contributed by atoms with Crippen molar-refractivity contribution in [2.45, 2.75) is 6.92 Å². The molecule has 0 atom stereocenters. The minimum atomic E-state index is -0.385. The van der Waals surface area contributed by atoms with Gasteiger partial charge in [-0.1, -0.05) is 29.8 Å². The van der Waals surface area contributed by atoms with Crippen molar-refractivity contribution in [3.63, 3.8) is 0 Å². The number of carbonyl (C=O) groups excluding carboxylic acids is 1. The number of halogens is 1. The average molecular weight is 340 g/mol. The maximum Gasteiger partial charge on any atom is 0.289 e. The monoisotopic (exact) mass is 339 g/mol. The van der Waals surface area contributed by atoms with Crippen LogP contribution in [0.5, 0.6) is 0 Å². The lowest BCUT2D eigenvalue weighted by Gasteiger charge is -2.00. The Balaban J connectivity index is 1.67. The van der Waals surface area contributed by atoms with Gasteiger partial charge in [0, 0.05) is 16.8 Å². The normalized spacial score (nSPS) is 10.9. The Morgan fingerprint density at radius 1 is 1.25 bits per heavy atom. The van der Waals surface area contributed by atoms with Gasteiger partial charge in [0.1, 0.15) is 17.2 Å². The largest absolute Gasteiger partial charge is 0.455 e. The third kappa shape index (κ3) is 3.70. The molecule has 0 bridgehead atoms. The minimum absolute atomic E-state index is 0.295. The SMILES string of the molecule is Cc1ccc(-c2ccc(/C=N\NC(=O)c3ccccn3)o2)cc1Cl. The van der Waals surface area contributed by atoms with Crippen LogP contribution in [0, 0.1) is 6.92 Å². The van der Waals surface area contributed by atoms with E-state index in [0.29, 0.717) is 22.2 Å². The second-order valence-electron chi connectivity index (χ2n) is 5.08. The van der Waals surface area contributed by atoms with E-state index in [1.807, 2.05) is 31.2 Å². The molecule has 3 rings (SSSR count). The number of pyridine rings is 1. The number of aromatic nitrogens is 1. The van der Waals surface area contributed by atoms with Gasteiger partial charge in [-0.15, -0.1) is 0 Å². The molecule has 0 fully saturated rings. The summed E-state index contributed by atoms with van der Waals surface area (Å²) in [5.41, 5.74) is 4.58. The summed E-state index contributed by atoms with van der Waals surface area (Å²) >= 11 is 6.13. The molecular weight excluding hydrogens is 326 g/mol. The van der Waals surface area contributed by atoms with Crippen molar-refractivity contribution in [3.05, 3.63) is 76.8 Å². The topological polar surface area (TPSA) is 67.5 Å². The van der Waals surface area contributed by atoms with Gasteiger partial charge in [-0.05, 0) is 42.8 Å². The Morgan fingerprint density at radius 2 is 2.12 bits per heavy atom. The molecular formula is C18H14ClN3O2. The molecule has 0 saturated heterocycles. The number of amides is 1. The van der Waals surface area contributed by atoms with Crippen LogP contribution in [0.25, 0.3) is 11.3 Å². The van der Waals surface area contributed by atoms with E-state index in [1.54, 1.807) is 30.5 Å². The minimum Gasteiger partial charge on any atom is -0.455 e. The highest BCUT2D eigenvalue weighted by Crippen LogP contribution is 2.26. The highest BCUT2D eigenvalue weighted by Gasteiger charge is 2.06. The fraction of sp³-hybridized carbons (Fsp3) is 0.0556. The third-order valence-corrected chi connectivity index (χ3v) is 3.75. The Labute approximate surface area is 144 Å². The van der Waals surface area contributed by atoms with Gasteiger partial charge in [-0.3, -0.25) is 9.78 Å². The van der Waals surface area contributed by atoms with Crippen molar-refractivity contribution in [2.75, 3.05) is 0 Å². The van der Waals surface area contributed by atoms with Crippen LogP contribution in [0.4, 0.5) is 0 Å². The van der Waals surface area contributed by atoms with Crippen molar-refractivity contribution in [3.8, 4) is 11.3 Å². The van der Waals surface area contributed by atoms with Gasteiger partial charge in [0.25, 0.3) is 5.91 Å². The van der Waals surface area contributed by atoms with Crippen LogP contribution in [-0.4, -0.2) is 17.1 Å². The first-order chi connectivity index (χ1) is 11.6. The number of hydrogen-bond donors (Lipinski definition) is 1. The zero-order valence-corrected chi connectivity index (χ0v) is 13.6. The van der Waals surface area contributed by atoms with Crippen molar-refractivity contribution < 1.29 is 9.21 Å². The van der Waals surface area contributed by atoms with Gasteiger partial charge in [-0.2, -0.15) is 5.10 Å². The molecule has 6 heteroatoms. The summed E-state index contributed by atoms with van der Waals surface area (Å²) in [6.45, 7) is 1.94. The fourth-order valence-corrected chi connectivity index (χ4v) is 2.21. The van der Waals surface area contributed by atoms with Crippen LogP contribution in [-0.2, 0) is 0 Å². The van der Waals surface area contributed by atoms with E-state index in [2.05, 4.69) is 15.5 Å². The molecule has 2 heterocycles. The summed E-state index contributed by atoms with van der Waals surface area (Å²) in [7, 11) is 0. The number of hydrazone groups is 1. The standard InChI is InChI=1S/C18H14ClN3O2/c1-12-5-6-13(10-15(12)19)17-8-7-14(24-17)11-21-22-18(23)16-4-2-3-9-20-16/h2-11H,1H3,(H,22,23)/b21-11-. The van der Waals surface area contributed by atoms with Crippen LogP contribution in [0.1, 0.15) is 21.8 Å². The molecule has 0 unspecified atom stereocenters. The van der Waals surface area contributed by atoms with E-state index in [-0.39, 0.29) is 5.91 Å². The average Bonchev–Trinajstić information content (AvgIpc) is 3.07. The maximum atomic E-state index is 11.8. The Kier molecular flexibility index (Phi) is 4.72. The number of nitrogens with one attached hydrogen (secondary N) is 1. The van der Waals surface area contributed by atoms with Crippen molar-refractivity contribution in [1.29, 1.82) is 0 Å². The first-order valence-electron chi connectivity index (χ1n) is 7.24. The number of carbonyl (C=O) groups is 1. The second kappa shape index (κ2) is 7.10. The first-order valence-corrected chi connectivity index (χ1v) is 7.62. The quantitative estimate of drug-likeness (QED) is 0.575. The Bertz CT molecular complexity index is 888. The van der Waals surface area contributed by atoms with E-state index in [1.165, 1.54) is 6.21 Å². The highest BCUT2D eigenvalue weighted by atomic mass is 35.5. The van der Waals surface area contributed by atoms with Gasteiger partial charge < -0.3 is 4.42 Å². The van der Waals surface area contributed by atoms with Crippen LogP contribution in [0.3, 0.4) is 0 Å². The molecule has 0 aliphatic heterocycles. The van der Waals surface area contributed by atoms with E-state index < -0.39 is 0 Å². The summed E-state index contributed by atoms with van der Waals surface area (Å²) in [4.78, 5) is 15.7. The fourth-order valence-electron chi connectivity index (χ4n) is 2.03. The van der Waals surface area contributed by atoms with Crippen LogP contribution < -0.4 is 5.43 Å². The molecule has 1 N–H and O–H groups in total. The lowest BCUT2D eigenvalue weighted by atomic mass is 10.1. The molecule has 0 radical (unpaired) electrons. The van der Waals surface area contributed by atoms with Gasteiger partial charge in [0.05, 0.1) is 6.21 Å². The second-order valence-corrected chi connectivity index (χ2v) is 5.49. The molecule has 0 spiro atoms. The third-order valence-electron chi connectivity index (χ3n) is 3.34. The number of nitrogens with zero attached hydrogens (tertiary/aromatic N) is 2. The molecule has 0 aliphatic rings. The van der Waals surface area contributed by atoms with Gasteiger partial charge in [-0.25, -0.2) is 5.43 Å². The predicted octanol–water partition coefficient (Wildman–Crippen LogP) is 4.07. The maximum absolute atomic E-state index is 11.8. The highest BCUT2D eigenvalue weighted by molar-refractivity contribution is 6.31. The zero-order valence-electron chi connectivity index (χ0n) is 12.9. The van der Waals surface area contributed by atoms with E-state index in [0.717, 1.165) is 11.1 Å². The lowest BCUT2D eigenvalue weighted by Crippen LogP contribution is -2.18. The number of rotatable bonds is 4. The molecule has 0 saturated carbocycles. The van der Waals surface area contributed by atoms with Crippen molar-refractivity contribution in [2.24, 2.45) is 5.10 Å². The number of aryl methyl sites for hydroxylation is 1. The smallest absolute Gasteiger partial charge is 0.289 e. The van der Waals surface area contributed by atoms with E-state index >= 15 is 0 Å². The van der Waals surface area contributed by atoms with Crippen LogP contribution >= 0.6 is 11.6 Å². The molecule has 24 heavy (non-hydrogen) atoms. The summed E-state index contributed by atoms with van der Waals surface area (Å²) in [5, 5.41) is 4.55. The van der Waals surface area contributed by atoms with Crippen molar-refractivity contribution >= 4 is 23.7 Å². The predicted molar refractivity (Wildman–Crippen MR) is 93.2 cm³/mol. The van der Waals surface area contributed by atoms with Crippen LogP contribution in [0.2, 0.25) is 5.02 Å². The Morgan fingerprint density at radius 3 is 2.88 bits per heavy atom. The van der Waals surface area contributed by atoms with Crippen LogP contribution in [0.15, 0.2) is 64.2 Å². The zero-order chi connectivity index (χ0) is 16.9. The molecule has 0 aliphatic carbocycles. The number of benzene rings is 1. The Hall–Kier alpha value is -2.92. The summed E-state index contributed by atoms with van der Waals surface area (Å²) in [6.07, 6.45) is 2.98. The summed E-state index contributed by atoms with van der Waals surface area (Å²) < 4.78 is 5.68. The number of hydrogen-bond acceptors (Lipinski definition) is 4. The lowest BCUT2D eigenvalue weighted by molar-refractivity contribution is 0.0950. The van der Waals surface area contributed by atoms with Gasteiger partial charge in [0.15, 0.2) is 0 Å². The molecule has 2 aromatic heterocycles. The molecule has 3 aromatic rings.